The minimum Gasteiger partial charge on any atom is -0.319 e. The third kappa shape index (κ3) is 2.71. The molecule has 0 bridgehead atoms. The van der Waals surface area contributed by atoms with Crippen molar-refractivity contribution in [3.05, 3.63) is 35.4 Å². The molecule has 1 saturated carbocycles. The molecule has 1 aromatic rings. The fourth-order valence-corrected chi connectivity index (χ4v) is 3.71. The van der Waals surface area contributed by atoms with E-state index >= 15 is 0 Å². The first-order valence-corrected chi connectivity index (χ1v) is 8.41. The molecular weight excluding hydrogens is 260 g/mol. The summed E-state index contributed by atoms with van der Waals surface area (Å²) in [5, 5.41) is 3.55. The van der Waals surface area contributed by atoms with E-state index in [-0.39, 0.29) is 12.2 Å². The van der Waals surface area contributed by atoms with Gasteiger partial charge in [0.1, 0.15) is 6.17 Å². The number of nitrogens with zero attached hydrogens (tertiary/aromatic N) is 1. The van der Waals surface area contributed by atoms with Crippen LogP contribution in [-0.2, 0) is 11.2 Å². The molecule has 2 fully saturated rings. The molecule has 1 saturated heterocycles. The Labute approximate surface area is 127 Å². The summed E-state index contributed by atoms with van der Waals surface area (Å²) >= 11 is 0. The number of carbonyl (C=O) groups is 1. The monoisotopic (exact) mass is 286 g/mol. The van der Waals surface area contributed by atoms with Crippen molar-refractivity contribution in [2.24, 2.45) is 0 Å². The van der Waals surface area contributed by atoms with Gasteiger partial charge in [-0.25, -0.2) is 0 Å². The van der Waals surface area contributed by atoms with Crippen molar-refractivity contribution >= 4 is 5.91 Å². The van der Waals surface area contributed by atoms with Crippen molar-refractivity contribution in [1.29, 1.82) is 0 Å². The zero-order valence-electron chi connectivity index (χ0n) is 13.1. The lowest BCUT2D eigenvalue weighted by atomic mass is 10.1. The highest BCUT2D eigenvalue weighted by Gasteiger charge is 2.42. The van der Waals surface area contributed by atoms with E-state index in [2.05, 4.69) is 48.3 Å². The van der Waals surface area contributed by atoms with Crippen molar-refractivity contribution in [2.75, 3.05) is 0 Å². The molecule has 1 N–H and O–H groups in total. The first kappa shape index (κ1) is 14.6. The van der Waals surface area contributed by atoms with Crippen LogP contribution in [0, 0.1) is 0 Å². The van der Waals surface area contributed by atoms with Crippen LogP contribution < -0.4 is 5.32 Å². The number of carbonyl (C=O) groups excluding carboxylic acids is 1. The first-order chi connectivity index (χ1) is 10.2. The van der Waals surface area contributed by atoms with E-state index in [1.54, 1.807) is 0 Å². The third-order valence-electron chi connectivity index (χ3n) is 5.02. The molecular formula is C18H26N2O. The highest BCUT2D eigenvalue weighted by atomic mass is 16.2. The second-order valence-corrected chi connectivity index (χ2v) is 6.31. The van der Waals surface area contributed by atoms with Gasteiger partial charge in [-0.3, -0.25) is 10.1 Å². The van der Waals surface area contributed by atoms with E-state index in [0.29, 0.717) is 11.9 Å². The quantitative estimate of drug-likeness (QED) is 0.920. The summed E-state index contributed by atoms with van der Waals surface area (Å²) in [4.78, 5) is 14.8. The minimum atomic E-state index is -0.0125. The number of hydrogen-bond donors (Lipinski definition) is 1. The Morgan fingerprint density at radius 3 is 2.38 bits per heavy atom. The molecule has 1 aromatic carbocycles. The average molecular weight is 286 g/mol. The number of aryl methyl sites for hydroxylation is 1. The fourth-order valence-electron chi connectivity index (χ4n) is 3.71. The van der Waals surface area contributed by atoms with Crippen LogP contribution in [0.4, 0.5) is 0 Å². The van der Waals surface area contributed by atoms with Crippen LogP contribution >= 0.6 is 0 Å². The summed E-state index contributed by atoms with van der Waals surface area (Å²) in [7, 11) is 0. The second-order valence-electron chi connectivity index (χ2n) is 6.31. The average Bonchev–Trinajstić information content (AvgIpc) is 3.14. The lowest BCUT2D eigenvalue weighted by Crippen LogP contribution is -2.38. The molecule has 0 aromatic heterocycles. The third-order valence-corrected chi connectivity index (χ3v) is 5.02. The molecule has 3 heteroatoms. The molecule has 1 aliphatic heterocycles. The predicted molar refractivity (Wildman–Crippen MR) is 84.9 cm³/mol. The van der Waals surface area contributed by atoms with Gasteiger partial charge in [-0.05, 0) is 36.8 Å². The first-order valence-electron chi connectivity index (χ1n) is 8.41. The van der Waals surface area contributed by atoms with Gasteiger partial charge in [0.25, 0.3) is 0 Å². The van der Waals surface area contributed by atoms with Crippen LogP contribution in [0.1, 0.15) is 63.2 Å². The van der Waals surface area contributed by atoms with E-state index < -0.39 is 0 Å². The van der Waals surface area contributed by atoms with E-state index in [9.17, 15) is 4.79 Å². The van der Waals surface area contributed by atoms with E-state index in [4.69, 9.17) is 0 Å². The second kappa shape index (κ2) is 6.18. The minimum absolute atomic E-state index is 0.0125. The van der Waals surface area contributed by atoms with Crippen LogP contribution in [0.5, 0.6) is 0 Å². The van der Waals surface area contributed by atoms with E-state index in [1.165, 1.54) is 24.0 Å². The Bertz CT molecular complexity index is 490. The summed E-state index contributed by atoms with van der Waals surface area (Å²) in [6.07, 6.45) is 6.82. The number of amides is 1. The molecule has 0 spiro atoms. The Morgan fingerprint density at radius 1 is 1.14 bits per heavy atom. The summed E-state index contributed by atoms with van der Waals surface area (Å²) in [5.41, 5.74) is 2.57. The van der Waals surface area contributed by atoms with E-state index in [1.807, 2.05) is 0 Å². The van der Waals surface area contributed by atoms with Crippen molar-refractivity contribution in [3.63, 3.8) is 0 Å². The van der Waals surface area contributed by atoms with Crippen molar-refractivity contribution in [3.8, 4) is 0 Å². The van der Waals surface area contributed by atoms with Gasteiger partial charge in [0.05, 0.1) is 6.04 Å². The highest BCUT2D eigenvalue weighted by Crippen LogP contribution is 2.34. The van der Waals surface area contributed by atoms with Gasteiger partial charge in [-0.1, -0.05) is 51.0 Å². The largest absolute Gasteiger partial charge is 0.319 e. The molecule has 1 amide bonds. The lowest BCUT2D eigenvalue weighted by Gasteiger charge is -2.30. The summed E-state index contributed by atoms with van der Waals surface area (Å²) < 4.78 is 0. The molecule has 2 unspecified atom stereocenters. The highest BCUT2D eigenvalue weighted by molar-refractivity contribution is 5.84. The summed E-state index contributed by atoms with van der Waals surface area (Å²) in [6, 6.07) is 9.16. The fraction of sp³-hybridized carbons (Fsp3) is 0.611. The van der Waals surface area contributed by atoms with Gasteiger partial charge < -0.3 is 4.90 Å². The van der Waals surface area contributed by atoms with Gasteiger partial charge in [0.2, 0.25) is 5.91 Å². The molecule has 2 aliphatic rings. The van der Waals surface area contributed by atoms with Crippen molar-refractivity contribution < 1.29 is 4.79 Å². The summed E-state index contributed by atoms with van der Waals surface area (Å²) in [5.74, 6) is 0.300. The van der Waals surface area contributed by atoms with Gasteiger partial charge in [-0.15, -0.1) is 0 Å². The van der Waals surface area contributed by atoms with Crippen molar-refractivity contribution in [2.45, 2.75) is 70.6 Å². The Balaban J connectivity index is 1.87. The summed E-state index contributed by atoms with van der Waals surface area (Å²) in [6.45, 7) is 4.26. The van der Waals surface area contributed by atoms with Crippen molar-refractivity contribution in [1.82, 2.24) is 10.2 Å². The SMILES string of the molecule is CCc1ccc(C2NC(CC)C(=O)N2C2CCCC2)cc1. The number of rotatable bonds is 4. The van der Waals surface area contributed by atoms with Crippen LogP contribution in [0.15, 0.2) is 24.3 Å². The van der Waals surface area contributed by atoms with Crippen LogP contribution in [0.2, 0.25) is 0 Å². The topological polar surface area (TPSA) is 32.3 Å². The predicted octanol–water partition coefficient (Wildman–Crippen LogP) is 3.40. The number of benzene rings is 1. The molecule has 2 atom stereocenters. The van der Waals surface area contributed by atoms with Gasteiger partial charge >= 0.3 is 0 Å². The smallest absolute Gasteiger partial charge is 0.241 e. The molecule has 1 heterocycles. The molecule has 3 nitrogen and oxygen atoms in total. The molecule has 21 heavy (non-hydrogen) atoms. The molecule has 0 radical (unpaired) electrons. The Morgan fingerprint density at radius 2 is 1.81 bits per heavy atom. The standard InChI is InChI=1S/C18H26N2O/c1-3-13-9-11-14(12-10-13)17-19-16(4-2)18(21)20(17)15-7-5-6-8-15/h9-12,15-17,19H,3-8H2,1-2H3. The molecule has 3 rings (SSSR count). The van der Waals surface area contributed by atoms with E-state index in [0.717, 1.165) is 25.7 Å². The maximum atomic E-state index is 12.7. The normalized spacial score (nSPS) is 26.8. The maximum absolute atomic E-state index is 12.7. The van der Waals surface area contributed by atoms with Crippen LogP contribution in [0.25, 0.3) is 0 Å². The van der Waals surface area contributed by atoms with Gasteiger partial charge in [0, 0.05) is 6.04 Å². The maximum Gasteiger partial charge on any atom is 0.241 e. The zero-order valence-corrected chi connectivity index (χ0v) is 13.1. The van der Waals surface area contributed by atoms with Gasteiger partial charge in [-0.2, -0.15) is 0 Å². The Kier molecular flexibility index (Phi) is 4.29. The lowest BCUT2D eigenvalue weighted by molar-refractivity contribution is -0.132. The van der Waals surface area contributed by atoms with Crippen LogP contribution in [0.3, 0.4) is 0 Å². The number of nitrogens with one attached hydrogen (secondary N) is 1. The zero-order chi connectivity index (χ0) is 14.8. The Hall–Kier alpha value is -1.35. The van der Waals surface area contributed by atoms with Gasteiger partial charge in [0.15, 0.2) is 0 Å². The number of hydrogen-bond acceptors (Lipinski definition) is 2. The molecule has 1 aliphatic carbocycles. The van der Waals surface area contributed by atoms with Crippen LogP contribution in [-0.4, -0.2) is 22.9 Å². The molecule has 114 valence electrons.